The van der Waals surface area contributed by atoms with Gasteiger partial charge < -0.3 is 98.1 Å². The summed E-state index contributed by atoms with van der Waals surface area (Å²) in [6.07, 6.45) is 21.5. The van der Waals surface area contributed by atoms with Crippen LogP contribution in [0.25, 0.3) is 33.3 Å². The van der Waals surface area contributed by atoms with E-state index in [0.29, 0.717) is 179 Å². The first-order valence-electron chi connectivity index (χ1n) is 48.2. The maximum Gasteiger partial charge on any atom is 0.410 e. The average Bonchev–Trinajstić information content (AvgIpc) is 1.55. The Labute approximate surface area is 798 Å². The van der Waals surface area contributed by atoms with Gasteiger partial charge in [-0.3, -0.25) is 28.8 Å². The van der Waals surface area contributed by atoms with Crippen LogP contribution in [-0.2, 0) is 109 Å². The second-order valence-electron chi connectivity index (χ2n) is 37.2. The Morgan fingerprint density at radius 3 is 2.18 bits per heavy atom. The number of aliphatic hydroxyl groups excluding tert-OH is 1. The summed E-state index contributed by atoms with van der Waals surface area (Å²) in [6.45, 7) is 18.2. The number of ketones is 3. The maximum atomic E-state index is 14.8. The van der Waals surface area contributed by atoms with Crippen LogP contribution in [-0.4, -0.2) is 309 Å². The number of benzene rings is 1. The first-order valence-corrected chi connectivity index (χ1v) is 48.2. The average molecular weight is 1890 g/mol. The summed E-state index contributed by atoms with van der Waals surface area (Å²) in [6, 6.07) is 8.22. The topological polar surface area (TPSA) is 447 Å². The number of aliphatic hydroxyl groups is 2. The second-order valence-corrected chi connectivity index (χ2v) is 37.2. The molecule has 14 rings (SSSR count). The number of nitrogens with zero attached hydrogens (tertiary/aromatic N) is 14. The summed E-state index contributed by atoms with van der Waals surface area (Å²) in [5.74, 6) is -7.96. The number of methoxy groups -OCH3 is 3. The van der Waals surface area contributed by atoms with Gasteiger partial charge in [-0.15, -0.1) is 0 Å². The van der Waals surface area contributed by atoms with Crippen molar-refractivity contribution in [1.29, 1.82) is 0 Å². The zero-order chi connectivity index (χ0) is 96.8. The molecule has 6 aromatic heterocycles. The number of aromatic amines is 1. The highest BCUT2D eigenvalue weighted by Gasteiger charge is 2.54. The summed E-state index contributed by atoms with van der Waals surface area (Å²) in [7, 11) is 4.47. The maximum absolute atomic E-state index is 14.8. The van der Waals surface area contributed by atoms with Gasteiger partial charge in [-0.05, 0) is 136 Å². The molecule has 1 saturated carbocycles. The molecule has 0 radical (unpaired) electrons. The SMILES string of the molecule is CO[C@H]1C[C@@H]2CC[C@@H](C)[C@@](O)(O2)C(=O)C(=O)N2CCCC[C@H]2C(=O)O[C@H]([C@H](N)C[C@@H]2CC[C@@H](OC(=O)N3CCc4nc(N5CCN(c6ncc(C(=O)NCCOCCOCCOCCOCCC(=O)N7CCc8cc(Cn9nc(-c%10cnc%11[nH]ccc%11c%10)c%10cncnc%109)ccc8C7)cn6)CC5)ncc4C3)[C@H](OC)C2)CC(=O)[C@H](C)/C=C(\C)[C@@H](O)[C@@H](OC)C(=O)[C@H](C)C[C@H](C)/C=C/C=CC=C1C. The lowest BCUT2D eigenvalue weighted by Gasteiger charge is -2.42. The van der Waals surface area contributed by atoms with Crippen molar-refractivity contribution in [3.05, 3.63) is 155 Å². The van der Waals surface area contributed by atoms with Crippen molar-refractivity contribution in [2.24, 2.45) is 35.3 Å². The molecule has 12 heterocycles. The molecule has 4 fully saturated rings. The Balaban J connectivity index is 0.478. The molecule has 1 aromatic carbocycles. The predicted octanol–water partition coefficient (Wildman–Crippen LogP) is 8.48. The van der Waals surface area contributed by atoms with Gasteiger partial charge in [-0.1, -0.05) is 82.4 Å². The van der Waals surface area contributed by atoms with E-state index in [-0.39, 0.29) is 87.8 Å². The monoisotopic (exact) mass is 1890 g/mol. The van der Waals surface area contributed by atoms with Gasteiger partial charge in [0.15, 0.2) is 11.4 Å². The number of carbonyl (C=O) groups excluding carboxylic acids is 8. The smallest absolute Gasteiger partial charge is 0.410 e. The molecule has 738 valence electrons. The second kappa shape index (κ2) is 48.5. The van der Waals surface area contributed by atoms with Crippen molar-refractivity contribution in [3.63, 3.8) is 0 Å². The number of nitrogens with one attached hydrogen (secondary N) is 2. The van der Waals surface area contributed by atoms with Crippen molar-refractivity contribution < 1.29 is 95.9 Å². The van der Waals surface area contributed by atoms with Crippen LogP contribution in [0, 0.1) is 29.6 Å². The van der Waals surface area contributed by atoms with Crippen LogP contribution < -0.4 is 20.9 Å². The number of rotatable bonds is 28. The Morgan fingerprint density at radius 2 is 1.43 bits per heavy atom. The number of pyridine rings is 1. The largest absolute Gasteiger partial charge is 0.459 e. The van der Waals surface area contributed by atoms with Crippen molar-refractivity contribution >= 4 is 81.1 Å². The standard InChI is InChI=1S/C100H133N17O20/c1-62-15-11-10-12-16-63(2)83(128-7)51-76-22-18-67(6)100(127,137-76)91(122)95(124)116-30-14-13-17-80(116)96(125)135-84(52-81(118)64(3)46-66(5)89(121)90(130-9)88(120)65(4)45-62)78(101)48-68-20-23-82(85(49-68)129-8)136-99(126)115-32-26-79-75(60-115)56-108-98(110-79)113-35-33-112(34-36-113)97-106-54-74(55-107-97)94(123)104-29-38-132-40-42-134-44-43-133-41-39-131-37-27-86(119)114-31-25-70-47-69(19-21-72(70)59-114)58-117-93-77(57-102-61-109-93)87(111-117)73-50-71-24-28-103-92(71)105-53-73/h10-12,15-16,19,21,24,28,46-47,50,53-57,61-62,64-65,67-68,76,78,80,82-85,89-90,121,127H,13-14,17-18,20,22-23,25-27,29-45,48-49,51-52,58-60,101H2,1-9H3,(H,103,105)(H,104,123)/b12-10?,15-11+,63-16?,66-46+/t62-,64-,65-,67-,68+,76+,78-,80+,82-,83+,84+,85-,89-,90+,100-/m1/s1. The number of hydrogen-bond donors (Lipinski definition) is 5. The summed E-state index contributed by atoms with van der Waals surface area (Å²) >= 11 is 0. The van der Waals surface area contributed by atoms with E-state index in [2.05, 4.69) is 64.4 Å². The Morgan fingerprint density at radius 1 is 0.701 bits per heavy atom. The van der Waals surface area contributed by atoms with Gasteiger partial charge in [0, 0.05) is 177 Å². The number of allylic oxidation sites excluding steroid dienone is 6. The molecule has 3 saturated heterocycles. The Hall–Kier alpha value is -11.1. The van der Waals surface area contributed by atoms with Crippen LogP contribution in [0.2, 0.25) is 0 Å². The van der Waals surface area contributed by atoms with Crippen LogP contribution in [0.4, 0.5) is 16.7 Å². The molecule has 4 amide bonds. The third kappa shape index (κ3) is 26.1. The molecule has 6 N–H and O–H groups in total. The van der Waals surface area contributed by atoms with Crippen molar-refractivity contribution in [3.8, 4) is 11.3 Å². The van der Waals surface area contributed by atoms with Gasteiger partial charge in [0.25, 0.3) is 17.6 Å². The van der Waals surface area contributed by atoms with Crippen molar-refractivity contribution in [2.75, 3.05) is 136 Å². The number of Topliss-reactive ketones (excluding diaryl/α,β-unsaturated/α-hetero) is 3. The van der Waals surface area contributed by atoms with Gasteiger partial charge in [-0.2, -0.15) is 5.10 Å². The lowest BCUT2D eigenvalue weighted by molar-refractivity contribution is -0.265. The molecule has 0 spiro atoms. The normalized spacial score (nSPS) is 26.4. The number of cyclic esters (lactones) is 1. The van der Waals surface area contributed by atoms with E-state index in [1.54, 1.807) is 65.3 Å². The molecule has 37 nitrogen and oxygen atoms in total. The van der Waals surface area contributed by atoms with E-state index in [9.17, 15) is 48.6 Å². The van der Waals surface area contributed by atoms with E-state index in [0.717, 1.165) is 72.6 Å². The van der Waals surface area contributed by atoms with E-state index >= 15 is 0 Å². The minimum atomic E-state index is -2.51. The number of nitrogens with two attached hydrogens (primary N) is 1. The number of anilines is 2. The van der Waals surface area contributed by atoms with Crippen LogP contribution in [0.3, 0.4) is 0 Å². The summed E-state index contributed by atoms with van der Waals surface area (Å²) < 4.78 is 61.0. The zero-order valence-corrected chi connectivity index (χ0v) is 80.1. The van der Waals surface area contributed by atoms with E-state index in [4.69, 9.17) is 68.2 Å². The van der Waals surface area contributed by atoms with Crippen LogP contribution in [0.5, 0.6) is 0 Å². The number of hydrogen-bond acceptors (Lipinski definition) is 31. The molecule has 7 aliphatic rings. The molecule has 0 unspecified atom stereocenters. The summed E-state index contributed by atoms with van der Waals surface area (Å²) in [4.78, 5) is 157. The lowest BCUT2D eigenvalue weighted by atomic mass is 9.80. The minimum absolute atomic E-state index is 0.00381. The van der Waals surface area contributed by atoms with Gasteiger partial charge in [0.1, 0.15) is 53.9 Å². The number of piperidine rings is 1. The molecular weight excluding hydrogens is 1760 g/mol. The highest BCUT2D eigenvalue weighted by molar-refractivity contribution is 6.39. The number of piperazine rings is 1. The molecule has 37 heteroatoms. The number of aromatic nitrogens is 10. The van der Waals surface area contributed by atoms with Gasteiger partial charge in [0.05, 0.1) is 107 Å². The van der Waals surface area contributed by atoms with Gasteiger partial charge >= 0.3 is 12.1 Å². The number of fused-ring (bicyclic) bond motifs is 7. The number of ether oxygens (including phenoxy) is 10. The van der Waals surface area contributed by atoms with Crippen molar-refractivity contribution in [1.82, 2.24) is 69.7 Å². The van der Waals surface area contributed by atoms with Gasteiger partial charge in [0.2, 0.25) is 23.6 Å². The number of H-pyrrole nitrogens is 1. The minimum Gasteiger partial charge on any atom is -0.459 e. The highest BCUT2D eigenvalue weighted by Crippen LogP contribution is 2.40. The van der Waals surface area contributed by atoms with E-state index in [1.165, 1.54) is 31.4 Å². The fourth-order valence-electron chi connectivity index (χ4n) is 19.4. The number of amides is 4. The Bertz CT molecular complexity index is 5450. The van der Waals surface area contributed by atoms with Crippen LogP contribution >= 0.6 is 0 Å². The number of carbonyl (C=O) groups is 8. The number of esters is 1. The van der Waals surface area contributed by atoms with E-state index in [1.807, 2.05) is 77.2 Å². The molecule has 2 bridgehead atoms. The fraction of sp³-hybridized carbons (Fsp3) is 0.580. The fourth-order valence-corrected chi connectivity index (χ4v) is 19.4. The third-order valence-corrected chi connectivity index (χ3v) is 27.5. The molecule has 7 aromatic rings. The predicted molar refractivity (Wildman–Crippen MR) is 506 cm³/mol. The van der Waals surface area contributed by atoms with Gasteiger partial charge in [-0.25, -0.2) is 49.2 Å². The first-order chi connectivity index (χ1) is 66.2. The molecule has 15 atom stereocenters. The molecule has 1 aliphatic carbocycles. The summed E-state index contributed by atoms with van der Waals surface area (Å²) in [5.41, 5.74) is 16.9. The summed E-state index contributed by atoms with van der Waals surface area (Å²) in [5, 5.41) is 33.6. The zero-order valence-electron chi connectivity index (χ0n) is 80.1. The highest BCUT2D eigenvalue weighted by atomic mass is 16.6. The molecular formula is C100H133N17O20. The van der Waals surface area contributed by atoms with Crippen LogP contribution in [0.1, 0.15) is 163 Å². The van der Waals surface area contributed by atoms with E-state index < -0.39 is 108 Å². The molecule has 6 aliphatic heterocycles. The third-order valence-electron chi connectivity index (χ3n) is 27.5. The Kier molecular flexibility index (Phi) is 36.0. The first kappa shape index (κ1) is 102. The lowest BCUT2D eigenvalue weighted by Crippen LogP contribution is -2.61. The quantitative estimate of drug-likeness (QED) is 0.0133. The van der Waals surface area contributed by atoms with Crippen molar-refractivity contribution in [2.45, 2.75) is 218 Å². The van der Waals surface area contributed by atoms with Crippen LogP contribution in [0.15, 0.2) is 121 Å². The molecule has 137 heavy (non-hydrogen) atoms.